The third kappa shape index (κ3) is 3.46. The van der Waals surface area contributed by atoms with Crippen LogP contribution < -0.4 is 10.2 Å². The van der Waals surface area contributed by atoms with Crippen LogP contribution in [0.1, 0.15) is 13.3 Å². The Morgan fingerprint density at radius 3 is 2.58 bits per heavy atom. The largest absolute Gasteiger partial charge is 0.513 e. The summed E-state index contributed by atoms with van der Waals surface area (Å²) in [4.78, 5) is 24.2. The average molecular weight is 356 g/mol. The first-order chi connectivity index (χ1) is 12.5. The molecule has 7 nitrogen and oxygen atoms in total. The minimum absolute atomic E-state index is 0.00311. The maximum Gasteiger partial charge on any atom is 0.513 e. The van der Waals surface area contributed by atoms with Crippen LogP contribution in [0.4, 0.5) is 4.79 Å². The molecule has 2 aromatic carbocycles. The maximum absolute atomic E-state index is 12.7. The number of aromatic hydroxyl groups is 2. The molecule has 3 aromatic rings. The van der Waals surface area contributed by atoms with Crippen LogP contribution in [0.25, 0.3) is 22.1 Å². The molecule has 0 aliphatic heterocycles. The number of ether oxygens (including phenoxy) is 2. The van der Waals surface area contributed by atoms with Crippen molar-refractivity contribution in [2.24, 2.45) is 0 Å². The molecule has 0 aliphatic rings. The predicted octanol–water partition coefficient (Wildman–Crippen LogP) is 3.80. The van der Waals surface area contributed by atoms with Crippen LogP contribution in [0.3, 0.4) is 0 Å². The molecule has 7 heteroatoms. The smallest absolute Gasteiger partial charge is 0.508 e. The van der Waals surface area contributed by atoms with Gasteiger partial charge in [0, 0.05) is 12.1 Å². The van der Waals surface area contributed by atoms with Crippen molar-refractivity contribution in [3.05, 3.63) is 52.9 Å². The van der Waals surface area contributed by atoms with Crippen LogP contribution in [0.2, 0.25) is 0 Å². The highest BCUT2D eigenvalue weighted by Crippen LogP contribution is 2.30. The topological polar surface area (TPSA) is 106 Å². The van der Waals surface area contributed by atoms with Crippen molar-refractivity contribution in [1.82, 2.24) is 0 Å². The van der Waals surface area contributed by atoms with Crippen LogP contribution in [0, 0.1) is 0 Å². The van der Waals surface area contributed by atoms with Gasteiger partial charge in [0.05, 0.1) is 12.2 Å². The van der Waals surface area contributed by atoms with Crippen molar-refractivity contribution >= 4 is 17.1 Å². The van der Waals surface area contributed by atoms with Crippen molar-refractivity contribution in [1.29, 1.82) is 0 Å². The van der Waals surface area contributed by atoms with Crippen molar-refractivity contribution in [2.45, 2.75) is 13.3 Å². The van der Waals surface area contributed by atoms with Crippen LogP contribution in [-0.4, -0.2) is 23.0 Å². The van der Waals surface area contributed by atoms with Gasteiger partial charge in [-0.05, 0) is 24.1 Å². The Kier molecular flexibility index (Phi) is 4.79. The number of hydrogen-bond acceptors (Lipinski definition) is 7. The van der Waals surface area contributed by atoms with Gasteiger partial charge in [0.25, 0.3) is 0 Å². The Morgan fingerprint density at radius 2 is 1.88 bits per heavy atom. The second kappa shape index (κ2) is 7.18. The monoisotopic (exact) mass is 356 g/mol. The number of carbonyl (C=O) groups excluding carboxylic acids is 1. The highest BCUT2D eigenvalue weighted by Gasteiger charge is 2.16. The molecule has 0 fully saturated rings. The number of benzene rings is 2. The van der Waals surface area contributed by atoms with Crippen LogP contribution in [0.5, 0.6) is 17.2 Å². The van der Waals surface area contributed by atoms with E-state index in [4.69, 9.17) is 13.9 Å². The van der Waals surface area contributed by atoms with E-state index in [1.165, 1.54) is 24.5 Å². The third-order valence-electron chi connectivity index (χ3n) is 3.63. The molecular weight excluding hydrogens is 340 g/mol. The number of phenolic OH excluding ortho intramolecular Hbond substituents is 2. The maximum atomic E-state index is 12.7. The van der Waals surface area contributed by atoms with Gasteiger partial charge in [0.1, 0.15) is 34.5 Å². The molecule has 0 radical (unpaired) electrons. The molecule has 0 aliphatic carbocycles. The summed E-state index contributed by atoms with van der Waals surface area (Å²) in [5.41, 5.74) is 0.371. The first kappa shape index (κ1) is 17.3. The summed E-state index contributed by atoms with van der Waals surface area (Å²) in [7, 11) is 0. The van der Waals surface area contributed by atoms with E-state index in [-0.39, 0.29) is 40.4 Å². The number of phenols is 2. The normalized spacial score (nSPS) is 10.7. The van der Waals surface area contributed by atoms with Gasteiger partial charge in [0.15, 0.2) is 0 Å². The predicted molar refractivity (Wildman–Crippen MR) is 93.5 cm³/mol. The quantitative estimate of drug-likeness (QED) is 0.541. The van der Waals surface area contributed by atoms with Gasteiger partial charge in [-0.3, -0.25) is 4.79 Å². The minimum atomic E-state index is -0.909. The SMILES string of the molecule is CCCOC(=O)Oc1cc(O)c2c(=O)c(-c3ccc(O)cc3)coc2c1. The molecule has 1 aromatic heterocycles. The van der Waals surface area contributed by atoms with Gasteiger partial charge < -0.3 is 24.1 Å². The number of rotatable bonds is 4. The van der Waals surface area contributed by atoms with E-state index in [0.29, 0.717) is 12.0 Å². The Bertz CT molecular complexity index is 1000. The van der Waals surface area contributed by atoms with E-state index in [9.17, 15) is 19.8 Å². The van der Waals surface area contributed by atoms with E-state index in [1.807, 2.05) is 6.92 Å². The average Bonchev–Trinajstić information content (AvgIpc) is 2.61. The van der Waals surface area contributed by atoms with E-state index >= 15 is 0 Å². The lowest BCUT2D eigenvalue weighted by atomic mass is 10.0. The van der Waals surface area contributed by atoms with Gasteiger partial charge in [-0.25, -0.2) is 4.79 Å². The van der Waals surface area contributed by atoms with Gasteiger partial charge in [-0.1, -0.05) is 19.1 Å². The number of fused-ring (bicyclic) bond motifs is 1. The standard InChI is InChI=1S/C19H16O7/c1-2-7-24-19(23)26-13-8-15(21)17-16(9-13)25-10-14(18(17)22)11-3-5-12(20)6-4-11/h3-6,8-10,20-21H,2,7H2,1H3. The molecule has 3 rings (SSSR count). The molecule has 0 atom stereocenters. The van der Waals surface area contributed by atoms with Gasteiger partial charge in [-0.2, -0.15) is 0 Å². The van der Waals surface area contributed by atoms with Crippen LogP contribution in [-0.2, 0) is 4.74 Å². The molecule has 0 bridgehead atoms. The van der Waals surface area contributed by atoms with Gasteiger partial charge in [0.2, 0.25) is 5.43 Å². The van der Waals surface area contributed by atoms with Gasteiger partial charge >= 0.3 is 6.16 Å². The second-order valence-electron chi connectivity index (χ2n) is 5.54. The van der Waals surface area contributed by atoms with Gasteiger partial charge in [-0.15, -0.1) is 0 Å². The molecule has 0 amide bonds. The van der Waals surface area contributed by atoms with E-state index in [1.54, 1.807) is 12.1 Å². The molecule has 26 heavy (non-hydrogen) atoms. The summed E-state index contributed by atoms with van der Waals surface area (Å²) < 4.78 is 15.2. The molecule has 134 valence electrons. The summed E-state index contributed by atoms with van der Waals surface area (Å²) in [6, 6.07) is 8.48. The van der Waals surface area contributed by atoms with Crippen LogP contribution >= 0.6 is 0 Å². The second-order valence-corrected chi connectivity index (χ2v) is 5.54. The summed E-state index contributed by atoms with van der Waals surface area (Å²) in [6.45, 7) is 2.05. The third-order valence-corrected chi connectivity index (χ3v) is 3.63. The molecule has 2 N–H and O–H groups in total. The fourth-order valence-electron chi connectivity index (χ4n) is 2.42. The minimum Gasteiger partial charge on any atom is -0.508 e. The van der Waals surface area contributed by atoms with E-state index < -0.39 is 11.6 Å². The Labute approximate surface area is 148 Å². The van der Waals surface area contributed by atoms with E-state index in [2.05, 4.69) is 0 Å². The number of hydrogen-bond donors (Lipinski definition) is 2. The van der Waals surface area contributed by atoms with Crippen molar-refractivity contribution in [3.8, 4) is 28.4 Å². The number of carbonyl (C=O) groups is 1. The molecule has 0 saturated carbocycles. The summed E-state index contributed by atoms with van der Waals surface area (Å²) in [5.74, 6) is -0.315. The molecule has 0 spiro atoms. The molecule has 1 heterocycles. The highest BCUT2D eigenvalue weighted by atomic mass is 16.7. The highest BCUT2D eigenvalue weighted by molar-refractivity contribution is 5.88. The summed E-state index contributed by atoms with van der Waals surface area (Å²) in [5, 5.41) is 19.5. The zero-order valence-electron chi connectivity index (χ0n) is 13.9. The van der Waals surface area contributed by atoms with Crippen LogP contribution in [0.15, 0.2) is 51.9 Å². The summed E-state index contributed by atoms with van der Waals surface area (Å²) >= 11 is 0. The lowest BCUT2D eigenvalue weighted by Gasteiger charge is -2.08. The fraction of sp³-hybridized carbons (Fsp3) is 0.158. The molecular formula is C19H16O7. The molecule has 0 unspecified atom stereocenters. The lowest BCUT2D eigenvalue weighted by molar-refractivity contribution is 0.0991. The fourth-order valence-corrected chi connectivity index (χ4v) is 2.42. The Balaban J connectivity index is 2.00. The van der Waals surface area contributed by atoms with Crippen molar-refractivity contribution < 1.29 is 28.9 Å². The Morgan fingerprint density at radius 1 is 1.15 bits per heavy atom. The molecule has 0 saturated heterocycles. The first-order valence-electron chi connectivity index (χ1n) is 7.92. The van der Waals surface area contributed by atoms with Crippen molar-refractivity contribution in [3.63, 3.8) is 0 Å². The first-order valence-corrected chi connectivity index (χ1v) is 7.92. The zero-order chi connectivity index (χ0) is 18.7. The summed E-state index contributed by atoms with van der Waals surface area (Å²) in [6.07, 6.45) is 0.983. The zero-order valence-corrected chi connectivity index (χ0v) is 13.9. The van der Waals surface area contributed by atoms with Crippen molar-refractivity contribution in [2.75, 3.05) is 6.61 Å². The Hall–Kier alpha value is -3.48. The lowest BCUT2D eigenvalue weighted by Crippen LogP contribution is -2.11. The van der Waals surface area contributed by atoms with E-state index in [0.717, 1.165) is 6.07 Å².